The molecule has 0 spiro atoms. The zero-order valence-corrected chi connectivity index (χ0v) is 14.8. The second kappa shape index (κ2) is 7.41. The Hall–Kier alpha value is -2.47. The maximum absolute atomic E-state index is 13.9. The third kappa shape index (κ3) is 3.85. The zero-order valence-electron chi connectivity index (χ0n) is 14.0. The van der Waals surface area contributed by atoms with Crippen molar-refractivity contribution in [3.63, 3.8) is 0 Å². The van der Waals surface area contributed by atoms with Gasteiger partial charge in [-0.15, -0.1) is 0 Å². The number of amides is 2. The van der Waals surface area contributed by atoms with Crippen LogP contribution in [-0.4, -0.2) is 18.4 Å². The number of nitrogens with zero attached hydrogens (tertiary/aromatic N) is 1. The van der Waals surface area contributed by atoms with Crippen molar-refractivity contribution in [1.29, 1.82) is 0 Å². The van der Waals surface area contributed by atoms with Gasteiger partial charge < -0.3 is 10.2 Å². The SMILES string of the molecule is CC(NC(=O)C1CC(=O)N(c2ccc(F)cc2F)C1)c1cccc(Cl)c1. The fourth-order valence-corrected chi connectivity index (χ4v) is 3.21. The van der Waals surface area contributed by atoms with E-state index in [0.717, 1.165) is 17.7 Å². The van der Waals surface area contributed by atoms with Crippen molar-refractivity contribution in [2.45, 2.75) is 19.4 Å². The van der Waals surface area contributed by atoms with E-state index in [-0.39, 0.29) is 36.5 Å². The number of benzene rings is 2. The van der Waals surface area contributed by atoms with Gasteiger partial charge >= 0.3 is 0 Å². The van der Waals surface area contributed by atoms with E-state index in [1.165, 1.54) is 11.0 Å². The van der Waals surface area contributed by atoms with E-state index >= 15 is 0 Å². The fourth-order valence-electron chi connectivity index (χ4n) is 3.01. The van der Waals surface area contributed by atoms with Crippen LogP contribution in [0.25, 0.3) is 0 Å². The molecule has 0 aromatic heterocycles. The molecule has 2 aromatic rings. The summed E-state index contributed by atoms with van der Waals surface area (Å²) in [6.45, 7) is 1.87. The lowest BCUT2D eigenvalue weighted by molar-refractivity contribution is -0.126. The first kappa shape index (κ1) is 18.3. The number of anilines is 1. The highest BCUT2D eigenvalue weighted by Crippen LogP contribution is 2.28. The van der Waals surface area contributed by atoms with Crippen LogP contribution in [0.15, 0.2) is 42.5 Å². The van der Waals surface area contributed by atoms with Gasteiger partial charge in [0.25, 0.3) is 0 Å². The molecule has 0 aliphatic carbocycles. The Bertz CT molecular complexity index is 859. The molecule has 2 amide bonds. The fraction of sp³-hybridized carbons (Fsp3) is 0.263. The van der Waals surface area contributed by atoms with Crippen LogP contribution >= 0.6 is 11.6 Å². The molecule has 1 heterocycles. The van der Waals surface area contributed by atoms with Crippen molar-refractivity contribution in [3.05, 3.63) is 64.7 Å². The summed E-state index contributed by atoms with van der Waals surface area (Å²) in [5.74, 6) is -2.82. The monoisotopic (exact) mass is 378 g/mol. The van der Waals surface area contributed by atoms with E-state index in [4.69, 9.17) is 11.6 Å². The lowest BCUT2D eigenvalue weighted by Gasteiger charge is -2.19. The molecule has 0 saturated carbocycles. The molecule has 1 aliphatic heterocycles. The van der Waals surface area contributed by atoms with Crippen LogP contribution in [0.1, 0.15) is 24.9 Å². The van der Waals surface area contributed by atoms with Gasteiger partial charge in [0.15, 0.2) is 0 Å². The van der Waals surface area contributed by atoms with Crippen LogP contribution in [0.3, 0.4) is 0 Å². The molecule has 1 saturated heterocycles. The largest absolute Gasteiger partial charge is 0.349 e. The smallest absolute Gasteiger partial charge is 0.227 e. The predicted octanol–water partition coefficient (Wildman–Crippen LogP) is 3.85. The van der Waals surface area contributed by atoms with Crippen molar-refractivity contribution < 1.29 is 18.4 Å². The lowest BCUT2D eigenvalue weighted by Crippen LogP contribution is -2.34. The molecule has 4 nitrogen and oxygen atoms in total. The van der Waals surface area contributed by atoms with Gasteiger partial charge in [0, 0.05) is 24.1 Å². The molecule has 26 heavy (non-hydrogen) atoms. The number of halogens is 3. The summed E-state index contributed by atoms with van der Waals surface area (Å²) >= 11 is 5.96. The maximum atomic E-state index is 13.9. The molecule has 2 aromatic carbocycles. The molecule has 2 atom stereocenters. The Kier molecular flexibility index (Phi) is 5.23. The average molecular weight is 379 g/mol. The molecule has 1 fully saturated rings. The minimum absolute atomic E-state index is 0.0189. The highest BCUT2D eigenvalue weighted by Gasteiger charge is 2.36. The standard InChI is InChI=1S/C19H17ClF2N2O2/c1-11(12-3-2-4-14(20)7-12)23-19(26)13-8-18(25)24(10-13)17-6-5-15(21)9-16(17)22/h2-7,9,11,13H,8,10H2,1H3,(H,23,26). The number of hydrogen-bond donors (Lipinski definition) is 1. The summed E-state index contributed by atoms with van der Waals surface area (Å²) in [6, 6.07) is 9.86. The molecule has 0 radical (unpaired) electrons. The predicted molar refractivity (Wildman–Crippen MR) is 94.8 cm³/mol. The molecule has 7 heteroatoms. The van der Waals surface area contributed by atoms with Crippen LogP contribution in [0.4, 0.5) is 14.5 Å². The molecule has 2 unspecified atom stereocenters. The number of hydrogen-bond acceptors (Lipinski definition) is 2. The van der Waals surface area contributed by atoms with Gasteiger partial charge in [-0.3, -0.25) is 9.59 Å². The first-order chi connectivity index (χ1) is 12.3. The lowest BCUT2D eigenvalue weighted by atomic mass is 10.1. The molecular weight excluding hydrogens is 362 g/mol. The van der Waals surface area contributed by atoms with Crippen LogP contribution in [0.5, 0.6) is 0 Å². The Morgan fingerprint density at radius 1 is 1.27 bits per heavy atom. The normalized spacial score (nSPS) is 18.1. The van der Waals surface area contributed by atoms with Gasteiger partial charge in [-0.05, 0) is 36.8 Å². The van der Waals surface area contributed by atoms with E-state index in [0.29, 0.717) is 5.02 Å². The Balaban J connectivity index is 1.69. The molecule has 1 aliphatic rings. The first-order valence-corrected chi connectivity index (χ1v) is 8.54. The van der Waals surface area contributed by atoms with Crippen LogP contribution in [0, 0.1) is 17.6 Å². The summed E-state index contributed by atoms with van der Waals surface area (Å²) in [5.41, 5.74) is 0.825. The summed E-state index contributed by atoms with van der Waals surface area (Å²) in [6.07, 6.45) is -0.0229. The Labute approximate surface area is 154 Å². The highest BCUT2D eigenvalue weighted by atomic mass is 35.5. The Morgan fingerprint density at radius 3 is 2.73 bits per heavy atom. The number of rotatable bonds is 4. The van der Waals surface area contributed by atoms with Crippen molar-refractivity contribution in [2.24, 2.45) is 5.92 Å². The first-order valence-electron chi connectivity index (χ1n) is 8.16. The second-order valence-corrected chi connectivity index (χ2v) is 6.72. The summed E-state index contributed by atoms with van der Waals surface area (Å²) < 4.78 is 27.0. The second-order valence-electron chi connectivity index (χ2n) is 6.29. The van der Waals surface area contributed by atoms with Gasteiger partial charge in [0.2, 0.25) is 11.8 Å². The molecule has 136 valence electrons. The van der Waals surface area contributed by atoms with Gasteiger partial charge in [-0.1, -0.05) is 23.7 Å². The van der Waals surface area contributed by atoms with Crippen molar-refractivity contribution in [3.8, 4) is 0 Å². The van der Waals surface area contributed by atoms with Gasteiger partial charge in [0.05, 0.1) is 17.6 Å². The number of carbonyl (C=O) groups is 2. The van der Waals surface area contributed by atoms with Crippen LogP contribution in [0.2, 0.25) is 5.02 Å². The van der Waals surface area contributed by atoms with Crippen LogP contribution in [-0.2, 0) is 9.59 Å². The van der Waals surface area contributed by atoms with E-state index in [9.17, 15) is 18.4 Å². The molecule has 0 bridgehead atoms. The average Bonchev–Trinajstić information content (AvgIpc) is 2.96. The van der Waals surface area contributed by atoms with E-state index in [1.54, 1.807) is 18.2 Å². The zero-order chi connectivity index (χ0) is 18.8. The maximum Gasteiger partial charge on any atom is 0.227 e. The molecule has 3 rings (SSSR count). The summed E-state index contributed by atoms with van der Waals surface area (Å²) in [7, 11) is 0. The quantitative estimate of drug-likeness (QED) is 0.878. The van der Waals surface area contributed by atoms with Gasteiger partial charge in [0.1, 0.15) is 11.6 Å². The minimum atomic E-state index is -0.827. The summed E-state index contributed by atoms with van der Waals surface area (Å²) in [5, 5.41) is 3.42. The highest BCUT2D eigenvalue weighted by molar-refractivity contribution is 6.30. The Morgan fingerprint density at radius 2 is 2.04 bits per heavy atom. The van der Waals surface area contributed by atoms with Gasteiger partial charge in [-0.2, -0.15) is 0 Å². The minimum Gasteiger partial charge on any atom is -0.349 e. The third-order valence-corrected chi connectivity index (χ3v) is 4.64. The summed E-state index contributed by atoms with van der Waals surface area (Å²) in [4.78, 5) is 25.9. The number of nitrogens with one attached hydrogen (secondary N) is 1. The molecular formula is C19H17ClF2N2O2. The van der Waals surface area contributed by atoms with Crippen molar-refractivity contribution >= 4 is 29.1 Å². The van der Waals surface area contributed by atoms with E-state index in [1.807, 2.05) is 13.0 Å². The van der Waals surface area contributed by atoms with E-state index in [2.05, 4.69) is 5.32 Å². The van der Waals surface area contributed by atoms with Crippen molar-refractivity contribution in [2.75, 3.05) is 11.4 Å². The molecule has 1 N–H and O–H groups in total. The van der Waals surface area contributed by atoms with Gasteiger partial charge in [-0.25, -0.2) is 8.78 Å². The topological polar surface area (TPSA) is 49.4 Å². The number of carbonyl (C=O) groups excluding carboxylic acids is 2. The third-order valence-electron chi connectivity index (χ3n) is 4.40. The van der Waals surface area contributed by atoms with Crippen molar-refractivity contribution in [1.82, 2.24) is 5.32 Å². The van der Waals surface area contributed by atoms with Crippen LogP contribution < -0.4 is 10.2 Å². The van der Waals surface area contributed by atoms with E-state index < -0.39 is 17.6 Å².